The number of hydrogen-bond donors (Lipinski definition) is 1. The SMILES string of the molecule is Cc1oc(-c2ccccc2Cl)nc1C[S@](=O)CC(=O)NCc1ccccc1Cl. The first-order valence-electron chi connectivity index (χ1n) is 8.50. The number of rotatable bonds is 7. The first-order valence-corrected chi connectivity index (χ1v) is 10.7. The number of halogens is 2. The number of aromatic nitrogens is 1. The zero-order chi connectivity index (χ0) is 20.1. The molecule has 2 aromatic carbocycles. The number of carbonyl (C=O) groups is 1. The summed E-state index contributed by atoms with van der Waals surface area (Å²) in [4.78, 5) is 16.5. The number of nitrogens with one attached hydrogen (secondary N) is 1. The van der Waals surface area contributed by atoms with Gasteiger partial charge in [-0.1, -0.05) is 53.5 Å². The molecule has 1 heterocycles. The first-order chi connectivity index (χ1) is 13.4. The fourth-order valence-electron chi connectivity index (χ4n) is 2.55. The van der Waals surface area contributed by atoms with Crippen molar-refractivity contribution in [2.75, 3.05) is 5.75 Å². The van der Waals surface area contributed by atoms with Gasteiger partial charge in [-0.05, 0) is 30.7 Å². The highest BCUT2D eigenvalue weighted by Gasteiger charge is 2.17. The molecule has 8 heteroatoms. The van der Waals surface area contributed by atoms with Gasteiger partial charge in [0.2, 0.25) is 11.8 Å². The Balaban J connectivity index is 1.58. The zero-order valence-electron chi connectivity index (χ0n) is 15.1. The lowest BCUT2D eigenvalue weighted by Gasteiger charge is -2.06. The van der Waals surface area contributed by atoms with Gasteiger partial charge in [-0.3, -0.25) is 9.00 Å². The smallest absolute Gasteiger partial charge is 0.232 e. The van der Waals surface area contributed by atoms with Crippen molar-refractivity contribution >= 4 is 39.9 Å². The number of oxazole rings is 1. The third-order valence-electron chi connectivity index (χ3n) is 4.02. The molecule has 0 unspecified atom stereocenters. The summed E-state index contributed by atoms with van der Waals surface area (Å²) in [6.45, 7) is 2.03. The minimum Gasteiger partial charge on any atom is -0.441 e. The third kappa shape index (κ3) is 5.22. The molecule has 3 aromatic rings. The Labute approximate surface area is 175 Å². The van der Waals surface area contributed by atoms with E-state index in [1.165, 1.54) is 0 Å². The van der Waals surface area contributed by atoms with Crippen molar-refractivity contribution < 1.29 is 13.4 Å². The Bertz CT molecular complexity index is 1020. The molecule has 0 spiro atoms. The second-order valence-corrected chi connectivity index (χ2v) is 8.37. The molecule has 1 atom stereocenters. The molecule has 28 heavy (non-hydrogen) atoms. The van der Waals surface area contributed by atoms with Gasteiger partial charge in [0.15, 0.2) is 0 Å². The molecule has 1 N–H and O–H groups in total. The maximum Gasteiger partial charge on any atom is 0.232 e. The summed E-state index contributed by atoms with van der Waals surface area (Å²) in [6, 6.07) is 14.4. The van der Waals surface area contributed by atoms with Crippen LogP contribution in [0.25, 0.3) is 11.5 Å². The van der Waals surface area contributed by atoms with Crippen molar-refractivity contribution in [2.45, 2.75) is 19.2 Å². The van der Waals surface area contributed by atoms with Crippen LogP contribution in [0.4, 0.5) is 0 Å². The van der Waals surface area contributed by atoms with Crippen LogP contribution in [-0.2, 0) is 27.9 Å². The second-order valence-electron chi connectivity index (χ2n) is 6.10. The molecule has 5 nitrogen and oxygen atoms in total. The van der Waals surface area contributed by atoms with Crippen molar-refractivity contribution in [1.29, 1.82) is 0 Å². The lowest BCUT2D eigenvalue weighted by Crippen LogP contribution is -2.28. The molecule has 0 saturated carbocycles. The Morgan fingerprint density at radius 3 is 2.50 bits per heavy atom. The average Bonchev–Trinajstić information content (AvgIpc) is 3.01. The summed E-state index contributed by atoms with van der Waals surface area (Å²) in [5.74, 6) is 0.612. The summed E-state index contributed by atoms with van der Waals surface area (Å²) in [5.41, 5.74) is 2.02. The molecule has 0 saturated heterocycles. The largest absolute Gasteiger partial charge is 0.441 e. The molecule has 0 radical (unpaired) electrons. The molecule has 0 aliphatic carbocycles. The number of carbonyl (C=O) groups excluding carboxylic acids is 1. The molecule has 0 aliphatic rings. The Morgan fingerprint density at radius 1 is 1.11 bits per heavy atom. The topological polar surface area (TPSA) is 72.2 Å². The van der Waals surface area contributed by atoms with Gasteiger partial charge in [0.05, 0.1) is 22.0 Å². The Hall–Kier alpha value is -2.15. The van der Waals surface area contributed by atoms with E-state index in [1.807, 2.05) is 30.3 Å². The van der Waals surface area contributed by atoms with Crippen LogP contribution in [0, 0.1) is 6.92 Å². The minimum absolute atomic E-state index is 0.124. The molecule has 1 amide bonds. The predicted octanol–water partition coefficient (Wildman–Crippen LogP) is 4.52. The molecular weight excluding hydrogens is 419 g/mol. The van der Waals surface area contributed by atoms with Crippen LogP contribution in [0.3, 0.4) is 0 Å². The van der Waals surface area contributed by atoms with E-state index in [-0.39, 0.29) is 24.0 Å². The lowest BCUT2D eigenvalue weighted by molar-refractivity contribution is -0.118. The van der Waals surface area contributed by atoms with E-state index in [1.54, 1.807) is 25.1 Å². The molecule has 0 bridgehead atoms. The van der Waals surface area contributed by atoms with E-state index in [2.05, 4.69) is 10.3 Å². The van der Waals surface area contributed by atoms with E-state index in [4.69, 9.17) is 27.6 Å². The maximum absolute atomic E-state index is 12.4. The van der Waals surface area contributed by atoms with Crippen molar-refractivity contribution in [3.63, 3.8) is 0 Å². The first kappa shape index (κ1) is 20.6. The van der Waals surface area contributed by atoms with Crippen LogP contribution < -0.4 is 5.32 Å². The van der Waals surface area contributed by atoms with Gasteiger partial charge in [0.1, 0.15) is 11.5 Å². The van der Waals surface area contributed by atoms with Crippen LogP contribution >= 0.6 is 23.2 Å². The van der Waals surface area contributed by atoms with Gasteiger partial charge in [-0.25, -0.2) is 4.98 Å². The van der Waals surface area contributed by atoms with Crippen LogP contribution in [0.2, 0.25) is 10.0 Å². The van der Waals surface area contributed by atoms with E-state index in [9.17, 15) is 9.00 Å². The molecule has 3 rings (SSSR count). The van der Waals surface area contributed by atoms with Gasteiger partial charge < -0.3 is 9.73 Å². The highest BCUT2D eigenvalue weighted by atomic mass is 35.5. The van der Waals surface area contributed by atoms with Crippen molar-refractivity contribution in [3.8, 4) is 11.5 Å². The predicted molar refractivity (Wildman–Crippen MR) is 112 cm³/mol. The van der Waals surface area contributed by atoms with Gasteiger partial charge in [-0.2, -0.15) is 0 Å². The quantitative estimate of drug-likeness (QED) is 0.590. The molecule has 146 valence electrons. The summed E-state index contributed by atoms with van der Waals surface area (Å²) >= 11 is 12.2. The Morgan fingerprint density at radius 2 is 1.79 bits per heavy atom. The molecule has 0 aliphatic heterocycles. The summed E-state index contributed by atoms with van der Waals surface area (Å²) in [5, 5.41) is 3.83. The standard InChI is InChI=1S/C20H18Cl2N2O3S/c1-13-18(24-20(27-13)15-7-3-5-9-17(15)22)11-28(26)12-19(25)23-10-14-6-2-4-8-16(14)21/h2-9H,10-12H2,1H3,(H,23,25)/t28-/m0/s1. The highest BCUT2D eigenvalue weighted by molar-refractivity contribution is 7.84. The van der Waals surface area contributed by atoms with Crippen molar-refractivity contribution in [1.82, 2.24) is 10.3 Å². The fourth-order valence-corrected chi connectivity index (χ4v) is 4.04. The van der Waals surface area contributed by atoms with E-state index < -0.39 is 10.8 Å². The van der Waals surface area contributed by atoms with Crippen LogP contribution in [0.5, 0.6) is 0 Å². The fraction of sp³-hybridized carbons (Fsp3) is 0.200. The molecule has 0 fully saturated rings. The number of benzene rings is 2. The van der Waals surface area contributed by atoms with Crippen LogP contribution in [-0.4, -0.2) is 20.9 Å². The normalized spacial score (nSPS) is 12.0. The number of aryl methyl sites for hydroxylation is 1. The second kappa shape index (κ2) is 9.37. The van der Waals surface area contributed by atoms with Crippen molar-refractivity contribution in [2.24, 2.45) is 0 Å². The van der Waals surface area contributed by atoms with Gasteiger partial charge in [0, 0.05) is 22.4 Å². The maximum atomic E-state index is 12.4. The van der Waals surface area contributed by atoms with E-state index >= 15 is 0 Å². The van der Waals surface area contributed by atoms with Gasteiger partial charge >= 0.3 is 0 Å². The lowest BCUT2D eigenvalue weighted by atomic mass is 10.2. The number of nitrogens with zero attached hydrogens (tertiary/aromatic N) is 1. The van der Waals surface area contributed by atoms with Gasteiger partial charge in [0.25, 0.3) is 0 Å². The summed E-state index contributed by atoms with van der Waals surface area (Å²) in [6.07, 6.45) is 0. The van der Waals surface area contributed by atoms with E-state index in [0.717, 1.165) is 5.56 Å². The minimum atomic E-state index is -1.42. The monoisotopic (exact) mass is 436 g/mol. The van der Waals surface area contributed by atoms with Crippen molar-refractivity contribution in [3.05, 3.63) is 75.6 Å². The average molecular weight is 437 g/mol. The van der Waals surface area contributed by atoms with Crippen LogP contribution in [0.15, 0.2) is 52.9 Å². The van der Waals surface area contributed by atoms with Gasteiger partial charge in [-0.15, -0.1) is 0 Å². The van der Waals surface area contributed by atoms with Crippen LogP contribution in [0.1, 0.15) is 17.0 Å². The molecular formula is C20H18Cl2N2O3S. The zero-order valence-corrected chi connectivity index (χ0v) is 17.4. The summed E-state index contributed by atoms with van der Waals surface area (Å²) in [7, 11) is -1.42. The Kier molecular flexibility index (Phi) is 6.88. The number of hydrogen-bond acceptors (Lipinski definition) is 4. The number of amides is 1. The summed E-state index contributed by atoms with van der Waals surface area (Å²) < 4.78 is 18.0. The highest BCUT2D eigenvalue weighted by Crippen LogP contribution is 2.28. The van der Waals surface area contributed by atoms with E-state index in [0.29, 0.717) is 33.0 Å². The molecule has 1 aromatic heterocycles. The third-order valence-corrected chi connectivity index (χ3v) is 5.90.